The molecule has 4 nitrogen and oxygen atoms in total. The molecule has 1 amide bonds. The number of thiophene rings is 1. The maximum atomic E-state index is 11.7. The minimum Gasteiger partial charge on any atom is -0.321 e. The molecule has 1 aromatic carbocycles. The van der Waals surface area contributed by atoms with Crippen LogP contribution in [0.4, 0.5) is 11.4 Å². The Morgan fingerprint density at radius 1 is 1.24 bits per heavy atom. The number of rotatable bonds is 3. The van der Waals surface area contributed by atoms with Crippen molar-refractivity contribution >= 4 is 34.7 Å². The lowest BCUT2D eigenvalue weighted by Gasteiger charge is -2.02. The van der Waals surface area contributed by atoms with E-state index < -0.39 is 0 Å². The summed E-state index contributed by atoms with van der Waals surface area (Å²) >= 11 is 1.38. The molecule has 0 aliphatic heterocycles. The van der Waals surface area contributed by atoms with Crippen molar-refractivity contribution < 1.29 is 9.59 Å². The van der Waals surface area contributed by atoms with Gasteiger partial charge in [-0.1, -0.05) is 6.07 Å². The number of amides is 1. The molecule has 17 heavy (non-hydrogen) atoms. The van der Waals surface area contributed by atoms with E-state index in [-0.39, 0.29) is 5.91 Å². The number of anilines is 1. The highest BCUT2D eigenvalue weighted by Crippen LogP contribution is 2.17. The molecule has 84 valence electrons. The number of aliphatic imine (C=N–C) groups is 1. The van der Waals surface area contributed by atoms with E-state index in [0.717, 1.165) is 0 Å². The first-order chi connectivity index (χ1) is 8.29. The van der Waals surface area contributed by atoms with Crippen LogP contribution >= 0.6 is 11.3 Å². The predicted octanol–water partition coefficient (Wildman–Crippen LogP) is 2.97. The summed E-state index contributed by atoms with van der Waals surface area (Å²) in [5.41, 5.74) is 1.17. The van der Waals surface area contributed by atoms with Gasteiger partial charge in [0.1, 0.15) is 0 Å². The molecule has 0 saturated carbocycles. The summed E-state index contributed by atoms with van der Waals surface area (Å²) in [5, 5.41) is 4.59. The molecular formula is C12H8N2O2S. The third-order valence-electron chi connectivity index (χ3n) is 2.04. The fourth-order valence-electron chi connectivity index (χ4n) is 1.27. The Morgan fingerprint density at radius 2 is 2.00 bits per heavy atom. The van der Waals surface area contributed by atoms with Crippen molar-refractivity contribution in [3.63, 3.8) is 0 Å². The Hall–Kier alpha value is -2.23. The van der Waals surface area contributed by atoms with Crippen molar-refractivity contribution in [2.24, 2.45) is 4.99 Å². The van der Waals surface area contributed by atoms with Gasteiger partial charge in [-0.25, -0.2) is 4.79 Å². The molecule has 5 heteroatoms. The largest absolute Gasteiger partial charge is 0.321 e. The van der Waals surface area contributed by atoms with E-state index in [2.05, 4.69) is 10.3 Å². The molecule has 2 aromatic rings. The second-order valence-corrected chi connectivity index (χ2v) is 4.13. The lowest BCUT2D eigenvalue weighted by atomic mass is 10.3. The summed E-state index contributed by atoms with van der Waals surface area (Å²) in [5.74, 6) is -0.147. The van der Waals surface area contributed by atoms with Gasteiger partial charge < -0.3 is 5.32 Å². The molecule has 0 spiro atoms. The van der Waals surface area contributed by atoms with Gasteiger partial charge in [0.05, 0.1) is 10.6 Å². The second-order valence-electron chi connectivity index (χ2n) is 3.18. The van der Waals surface area contributed by atoms with E-state index in [1.54, 1.807) is 30.3 Å². The summed E-state index contributed by atoms with van der Waals surface area (Å²) in [7, 11) is 0. The summed E-state index contributed by atoms with van der Waals surface area (Å²) in [6.45, 7) is 0. The van der Waals surface area contributed by atoms with Crippen LogP contribution in [0.25, 0.3) is 0 Å². The van der Waals surface area contributed by atoms with Crippen molar-refractivity contribution in [2.75, 3.05) is 5.32 Å². The zero-order valence-corrected chi connectivity index (χ0v) is 9.53. The Balaban J connectivity index is 2.09. The standard InChI is InChI=1S/C12H8N2O2S/c15-8-13-9-3-5-10(6-4-9)14-12(16)11-2-1-7-17-11/h1-7H,(H,14,16). The summed E-state index contributed by atoms with van der Waals surface area (Å²) in [6.07, 6.45) is 1.46. The molecular weight excluding hydrogens is 236 g/mol. The number of hydrogen-bond acceptors (Lipinski definition) is 4. The van der Waals surface area contributed by atoms with Crippen LogP contribution in [0.1, 0.15) is 9.67 Å². The maximum Gasteiger partial charge on any atom is 0.265 e. The number of nitrogens with one attached hydrogen (secondary N) is 1. The monoisotopic (exact) mass is 244 g/mol. The van der Waals surface area contributed by atoms with Gasteiger partial charge in [0.15, 0.2) is 0 Å². The zero-order valence-electron chi connectivity index (χ0n) is 8.71. The van der Waals surface area contributed by atoms with Gasteiger partial charge in [-0.05, 0) is 35.7 Å². The van der Waals surface area contributed by atoms with E-state index in [9.17, 15) is 9.59 Å². The molecule has 1 aromatic heterocycles. The third kappa shape index (κ3) is 2.87. The van der Waals surface area contributed by atoms with Gasteiger partial charge in [0.2, 0.25) is 6.08 Å². The summed E-state index contributed by atoms with van der Waals surface area (Å²) < 4.78 is 0. The molecule has 0 aliphatic carbocycles. The van der Waals surface area contributed by atoms with E-state index in [0.29, 0.717) is 16.3 Å². The lowest BCUT2D eigenvalue weighted by Crippen LogP contribution is -2.09. The normalized spacial score (nSPS) is 9.41. The van der Waals surface area contributed by atoms with Gasteiger partial charge in [-0.15, -0.1) is 11.3 Å². The fraction of sp³-hybridized carbons (Fsp3) is 0. The first kappa shape index (κ1) is 11.3. The molecule has 1 N–H and O–H groups in total. The number of isocyanates is 1. The van der Waals surface area contributed by atoms with Crippen molar-refractivity contribution in [3.8, 4) is 0 Å². The quantitative estimate of drug-likeness (QED) is 0.666. The van der Waals surface area contributed by atoms with Gasteiger partial charge in [0.25, 0.3) is 5.91 Å². The number of carbonyl (C=O) groups excluding carboxylic acids is 2. The van der Waals surface area contributed by atoms with Gasteiger partial charge in [-0.2, -0.15) is 4.99 Å². The number of hydrogen-bond donors (Lipinski definition) is 1. The highest BCUT2D eigenvalue weighted by atomic mass is 32.1. The Bertz CT molecular complexity index is 555. The van der Waals surface area contributed by atoms with Crippen molar-refractivity contribution in [1.82, 2.24) is 0 Å². The molecule has 0 radical (unpaired) electrons. The van der Waals surface area contributed by atoms with Gasteiger partial charge >= 0.3 is 0 Å². The van der Waals surface area contributed by atoms with E-state index in [4.69, 9.17) is 0 Å². The Labute approximate surface area is 102 Å². The van der Waals surface area contributed by atoms with E-state index >= 15 is 0 Å². The fourth-order valence-corrected chi connectivity index (χ4v) is 1.89. The number of benzene rings is 1. The van der Waals surface area contributed by atoms with Crippen LogP contribution in [0.3, 0.4) is 0 Å². The molecule has 0 atom stereocenters. The average Bonchev–Trinajstić information content (AvgIpc) is 2.86. The molecule has 0 saturated heterocycles. The molecule has 0 unspecified atom stereocenters. The minimum atomic E-state index is -0.147. The van der Waals surface area contributed by atoms with Crippen LogP contribution in [0, 0.1) is 0 Å². The molecule has 0 fully saturated rings. The Kier molecular flexibility index (Phi) is 3.45. The number of nitrogens with zero attached hydrogens (tertiary/aromatic N) is 1. The van der Waals surface area contributed by atoms with Crippen LogP contribution < -0.4 is 5.32 Å². The third-order valence-corrected chi connectivity index (χ3v) is 2.91. The second kappa shape index (κ2) is 5.21. The van der Waals surface area contributed by atoms with Gasteiger partial charge in [-0.3, -0.25) is 4.79 Å². The first-order valence-corrected chi connectivity index (χ1v) is 5.70. The SMILES string of the molecule is O=C=Nc1ccc(NC(=O)c2cccs2)cc1. The lowest BCUT2D eigenvalue weighted by molar-refractivity contribution is 0.103. The number of carbonyl (C=O) groups is 1. The molecule has 0 aliphatic rings. The highest BCUT2D eigenvalue weighted by molar-refractivity contribution is 7.12. The van der Waals surface area contributed by atoms with E-state index in [1.807, 2.05) is 11.4 Å². The summed E-state index contributed by atoms with van der Waals surface area (Å²) in [6, 6.07) is 10.2. The van der Waals surface area contributed by atoms with Crippen LogP contribution in [-0.2, 0) is 4.79 Å². The Morgan fingerprint density at radius 3 is 2.59 bits per heavy atom. The highest BCUT2D eigenvalue weighted by Gasteiger charge is 2.06. The topological polar surface area (TPSA) is 58.5 Å². The average molecular weight is 244 g/mol. The van der Waals surface area contributed by atoms with E-state index in [1.165, 1.54) is 17.4 Å². The molecule has 2 rings (SSSR count). The summed E-state index contributed by atoms with van der Waals surface area (Å²) in [4.78, 5) is 25.8. The van der Waals surface area contributed by atoms with Crippen LogP contribution in [-0.4, -0.2) is 12.0 Å². The molecule has 0 bridgehead atoms. The van der Waals surface area contributed by atoms with Crippen LogP contribution in [0.2, 0.25) is 0 Å². The molecule has 1 heterocycles. The zero-order chi connectivity index (χ0) is 12.1. The first-order valence-electron chi connectivity index (χ1n) is 4.82. The van der Waals surface area contributed by atoms with Crippen molar-refractivity contribution in [3.05, 3.63) is 46.7 Å². The van der Waals surface area contributed by atoms with Gasteiger partial charge in [0, 0.05) is 5.69 Å². The minimum absolute atomic E-state index is 0.147. The maximum absolute atomic E-state index is 11.7. The van der Waals surface area contributed by atoms with Crippen LogP contribution in [0.15, 0.2) is 46.8 Å². The van der Waals surface area contributed by atoms with Crippen molar-refractivity contribution in [2.45, 2.75) is 0 Å². The van der Waals surface area contributed by atoms with Crippen LogP contribution in [0.5, 0.6) is 0 Å². The smallest absolute Gasteiger partial charge is 0.265 e. The predicted molar refractivity (Wildman–Crippen MR) is 66.5 cm³/mol. The van der Waals surface area contributed by atoms with Crippen molar-refractivity contribution in [1.29, 1.82) is 0 Å².